The zero-order valence-corrected chi connectivity index (χ0v) is 13.5. The average Bonchev–Trinajstić information content (AvgIpc) is 2.40. The number of hydrogen-bond donors (Lipinski definition) is 2. The van der Waals surface area contributed by atoms with E-state index in [1.54, 1.807) is 24.3 Å². The molecule has 5 heteroatoms. The number of carbonyl (C=O) groups is 1. The van der Waals surface area contributed by atoms with E-state index in [-0.39, 0.29) is 12.0 Å². The maximum absolute atomic E-state index is 12.3. The molecule has 0 saturated carbocycles. The number of para-hydroxylation sites is 2. The van der Waals surface area contributed by atoms with Crippen molar-refractivity contribution in [1.82, 2.24) is 0 Å². The third-order valence-corrected chi connectivity index (χ3v) is 3.25. The lowest BCUT2D eigenvalue weighted by Gasteiger charge is -2.15. The number of hydrogen-bond acceptors (Lipinski definition) is 3. The standard InChI is InChI=1S/C16H17BrN2O2/c1-10(2)21-15-6-4-3-5-14(15)19-16(20)12-8-7-11(17)9-13(12)18/h3-10H,18H2,1-2H3,(H,19,20). The van der Waals surface area contributed by atoms with Crippen LogP contribution in [0.15, 0.2) is 46.9 Å². The van der Waals surface area contributed by atoms with Crippen molar-refractivity contribution < 1.29 is 9.53 Å². The Morgan fingerprint density at radius 1 is 1.24 bits per heavy atom. The fourth-order valence-electron chi connectivity index (χ4n) is 1.86. The second kappa shape index (κ2) is 6.63. The van der Waals surface area contributed by atoms with E-state index in [1.807, 2.05) is 32.0 Å². The second-order valence-electron chi connectivity index (χ2n) is 4.85. The molecule has 0 bridgehead atoms. The van der Waals surface area contributed by atoms with Gasteiger partial charge in [0.05, 0.1) is 17.4 Å². The maximum atomic E-state index is 12.3. The van der Waals surface area contributed by atoms with Gasteiger partial charge in [0.15, 0.2) is 0 Å². The molecule has 2 aromatic rings. The summed E-state index contributed by atoms with van der Waals surface area (Å²) in [7, 11) is 0. The Morgan fingerprint density at radius 3 is 2.62 bits per heavy atom. The number of carbonyl (C=O) groups excluding carboxylic acids is 1. The first-order valence-corrected chi connectivity index (χ1v) is 7.38. The number of amides is 1. The van der Waals surface area contributed by atoms with Gasteiger partial charge in [0.1, 0.15) is 5.75 Å². The molecular weight excluding hydrogens is 332 g/mol. The number of nitrogens with two attached hydrogens (primary N) is 1. The van der Waals surface area contributed by atoms with Crippen LogP contribution in [0.5, 0.6) is 5.75 Å². The minimum absolute atomic E-state index is 0.0285. The first kappa shape index (κ1) is 15.4. The fourth-order valence-corrected chi connectivity index (χ4v) is 2.24. The Labute approximate surface area is 132 Å². The molecule has 0 unspecified atom stereocenters. The van der Waals surface area contributed by atoms with Gasteiger partial charge >= 0.3 is 0 Å². The predicted molar refractivity (Wildman–Crippen MR) is 88.7 cm³/mol. The van der Waals surface area contributed by atoms with Gasteiger partial charge in [-0.2, -0.15) is 0 Å². The molecule has 4 nitrogen and oxygen atoms in total. The van der Waals surface area contributed by atoms with Crippen molar-refractivity contribution in [2.75, 3.05) is 11.1 Å². The molecule has 0 aromatic heterocycles. The van der Waals surface area contributed by atoms with Gasteiger partial charge in [0.25, 0.3) is 5.91 Å². The van der Waals surface area contributed by atoms with E-state index in [1.165, 1.54) is 0 Å². The van der Waals surface area contributed by atoms with E-state index >= 15 is 0 Å². The lowest BCUT2D eigenvalue weighted by molar-refractivity contribution is 0.102. The molecule has 2 rings (SSSR count). The van der Waals surface area contributed by atoms with E-state index in [0.29, 0.717) is 22.7 Å². The molecule has 0 atom stereocenters. The minimum Gasteiger partial charge on any atom is -0.489 e. The van der Waals surface area contributed by atoms with Gasteiger partial charge < -0.3 is 15.8 Å². The Balaban J connectivity index is 2.23. The van der Waals surface area contributed by atoms with E-state index in [9.17, 15) is 4.79 Å². The van der Waals surface area contributed by atoms with Crippen LogP contribution in [0.1, 0.15) is 24.2 Å². The van der Waals surface area contributed by atoms with Gasteiger partial charge in [0.2, 0.25) is 0 Å². The minimum atomic E-state index is -0.264. The Morgan fingerprint density at radius 2 is 1.95 bits per heavy atom. The number of halogens is 1. The van der Waals surface area contributed by atoms with E-state index in [0.717, 1.165) is 4.47 Å². The van der Waals surface area contributed by atoms with Gasteiger partial charge in [-0.05, 0) is 44.2 Å². The molecule has 0 radical (unpaired) electrons. The highest BCUT2D eigenvalue weighted by molar-refractivity contribution is 9.10. The normalized spacial score (nSPS) is 10.5. The van der Waals surface area contributed by atoms with E-state index < -0.39 is 0 Å². The van der Waals surface area contributed by atoms with Crippen LogP contribution < -0.4 is 15.8 Å². The summed E-state index contributed by atoms with van der Waals surface area (Å²) in [6, 6.07) is 12.5. The summed E-state index contributed by atoms with van der Waals surface area (Å²) in [6.07, 6.45) is 0.0285. The van der Waals surface area contributed by atoms with Crippen molar-refractivity contribution in [3.05, 3.63) is 52.5 Å². The predicted octanol–water partition coefficient (Wildman–Crippen LogP) is 4.07. The molecule has 0 saturated heterocycles. The highest BCUT2D eigenvalue weighted by atomic mass is 79.9. The molecular formula is C16H17BrN2O2. The largest absolute Gasteiger partial charge is 0.489 e. The smallest absolute Gasteiger partial charge is 0.257 e. The van der Waals surface area contributed by atoms with E-state index in [2.05, 4.69) is 21.2 Å². The summed E-state index contributed by atoms with van der Waals surface area (Å²) in [6.45, 7) is 3.87. The van der Waals surface area contributed by atoms with Crippen LogP contribution in [0.3, 0.4) is 0 Å². The third-order valence-electron chi connectivity index (χ3n) is 2.76. The van der Waals surface area contributed by atoms with Crippen LogP contribution in [0.2, 0.25) is 0 Å². The highest BCUT2D eigenvalue weighted by Gasteiger charge is 2.13. The summed E-state index contributed by atoms with van der Waals surface area (Å²) in [4.78, 5) is 12.3. The fraction of sp³-hybridized carbons (Fsp3) is 0.188. The monoisotopic (exact) mass is 348 g/mol. The van der Waals surface area contributed by atoms with Crippen LogP contribution in [0.25, 0.3) is 0 Å². The lowest BCUT2D eigenvalue weighted by atomic mass is 10.1. The van der Waals surface area contributed by atoms with Crippen molar-refractivity contribution in [3.8, 4) is 5.75 Å². The number of nitrogens with one attached hydrogen (secondary N) is 1. The number of benzene rings is 2. The zero-order chi connectivity index (χ0) is 15.4. The van der Waals surface area contributed by atoms with Crippen LogP contribution in [0, 0.1) is 0 Å². The third kappa shape index (κ3) is 3.98. The molecule has 0 aliphatic rings. The Bertz CT molecular complexity index is 656. The Kier molecular flexibility index (Phi) is 4.85. The second-order valence-corrected chi connectivity index (χ2v) is 5.76. The highest BCUT2D eigenvalue weighted by Crippen LogP contribution is 2.26. The maximum Gasteiger partial charge on any atom is 0.257 e. The number of nitrogen functional groups attached to an aromatic ring is 1. The van der Waals surface area contributed by atoms with Crippen molar-refractivity contribution in [2.45, 2.75) is 20.0 Å². The van der Waals surface area contributed by atoms with Gasteiger partial charge in [0, 0.05) is 10.2 Å². The topological polar surface area (TPSA) is 64.3 Å². The molecule has 0 aliphatic carbocycles. The van der Waals surface area contributed by atoms with Crippen molar-refractivity contribution >= 4 is 33.2 Å². The summed E-state index contributed by atoms with van der Waals surface area (Å²) >= 11 is 3.32. The number of ether oxygens (including phenoxy) is 1. The van der Waals surface area contributed by atoms with Crippen molar-refractivity contribution in [3.63, 3.8) is 0 Å². The average molecular weight is 349 g/mol. The van der Waals surface area contributed by atoms with Crippen LogP contribution in [0.4, 0.5) is 11.4 Å². The quantitative estimate of drug-likeness (QED) is 0.818. The summed E-state index contributed by atoms with van der Waals surface area (Å²) in [5.74, 6) is 0.372. The van der Waals surface area contributed by atoms with Crippen molar-refractivity contribution in [2.24, 2.45) is 0 Å². The molecule has 0 heterocycles. The number of rotatable bonds is 4. The van der Waals surface area contributed by atoms with Crippen molar-refractivity contribution in [1.29, 1.82) is 0 Å². The first-order valence-electron chi connectivity index (χ1n) is 6.59. The molecule has 1 amide bonds. The molecule has 110 valence electrons. The molecule has 0 fully saturated rings. The lowest BCUT2D eigenvalue weighted by Crippen LogP contribution is -2.16. The Hall–Kier alpha value is -2.01. The van der Waals surface area contributed by atoms with E-state index in [4.69, 9.17) is 10.5 Å². The molecule has 3 N–H and O–H groups in total. The SMILES string of the molecule is CC(C)Oc1ccccc1NC(=O)c1ccc(Br)cc1N. The van der Waals surface area contributed by atoms with Gasteiger partial charge in [-0.25, -0.2) is 0 Å². The molecule has 0 aliphatic heterocycles. The van der Waals surface area contributed by atoms with Crippen LogP contribution in [-0.4, -0.2) is 12.0 Å². The van der Waals surface area contributed by atoms with Gasteiger partial charge in [-0.3, -0.25) is 4.79 Å². The summed E-state index contributed by atoms with van der Waals surface area (Å²) < 4.78 is 6.51. The molecule has 0 spiro atoms. The summed E-state index contributed by atoms with van der Waals surface area (Å²) in [5.41, 5.74) is 7.35. The van der Waals surface area contributed by atoms with Gasteiger partial charge in [-0.1, -0.05) is 28.1 Å². The first-order chi connectivity index (χ1) is 9.97. The molecule has 21 heavy (non-hydrogen) atoms. The van der Waals surface area contributed by atoms with Gasteiger partial charge in [-0.15, -0.1) is 0 Å². The van der Waals surface area contributed by atoms with Crippen LogP contribution >= 0.6 is 15.9 Å². The van der Waals surface area contributed by atoms with Crippen LogP contribution in [-0.2, 0) is 0 Å². The molecule has 2 aromatic carbocycles. The number of anilines is 2. The zero-order valence-electron chi connectivity index (χ0n) is 11.9. The summed E-state index contributed by atoms with van der Waals surface area (Å²) in [5, 5.41) is 2.83.